The number of hydrogen-bond donors (Lipinski definition) is 1. The van der Waals surface area contributed by atoms with Gasteiger partial charge < -0.3 is 10.1 Å². The number of rotatable bonds is 3. The van der Waals surface area contributed by atoms with Crippen LogP contribution in [-0.4, -0.2) is 49.8 Å². The van der Waals surface area contributed by atoms with Gasteiger partial charge in [0.25, 0.3) is 0 Å². The maximum Gasteiger partial charge on any atom is 0.0674 e. The fraction of sp³-hybridized carbons (Fsp3) is 1.00. The van der Waals surface area contributed by atoms with Crippen molar-refractivity contribution >= 4 is 0 Å². The number of morpholine rings is 1. The van der Waals surface area contributed by atoms with E-state index in [1.54, 1.807) is 0 Å². The molecule has 2 aliphatic heterocycles. The van der Waals surface area contributed by atoms with Crippen molar-refractivity contribution < 1.29 is 4.74 Å². The van der Waals surface area contributed by atoms with Crippen LogP contribution in [0.5, 0.6) is 0 Å². The molecule has 2 heterocycles. The Morgan fingerprint density at radius 2 is 2.29 bits per heavy atom. The molecule has 0 saturated carbocycles. The van der Waals surface area contributed by atoms with Crippen molar-refractivity contribution in [3.8, 4) is 0 Å². The summed E-state index contributed by atoms with van der Waals surface area (Å²) in [7, 11) is 0. The first kappa shape index (κ1) is 13.3. The summed E-state index contributed by atoms with van der Waals surface area (Å²) in [5.74, 6) is 0. The molecule has 0 bridgehead atoms. The molecule has 0 spiro atoms. The van der Waals surface area contributed by atoms with Gasteiger partial charge in [0.05, 0.1) is 12.7 Å². The smallest absolute Gasteiger partial charge is 0.0674 e. The first-order valence-corrected chi connectivity index (χ1v) is 7.19. The van der Waals surface area contributed by atoms with Gasteiger partial charge in [-0.3, -0.25) is 4.90 Å². The second-order valence-electron chi connectivity index (χ2n) is 6.23. The van der Waals surface area contributed by atoms with Crippen LogP contribution in [0.4, 0.5) is 0 Å². The molecule has 17 heavy (non-hydrogen) atoms. The molecule has 0 aromatic heterocycles. The summed E-state index contributed by atoms with van der Waals surface area (Å²) in [6.45, 7) is 12.5. The van der Waals surface area contributed by atoms with Crippen molar-refractivity contribution in [1.82, 2.24) is 10.2 Å². The number of nitrogens with one attached hydrogen (secondary N) is 1. The van der Waals surface area contributed by atoms with Crippen LogP contribution >= 0.6 is 0 Å². The van der Waals surface area contributed by atoms with Gasteiger partial charge in [-0.2, -0.15) is 0 Å². The summed E-state index contributed by atoms with van der Waals surface area (Å²) in [6.07, 6.45) is 4.30. The summed E-state index contributed by atoms with van der Waals surface area (Å²) in [5, 5.41) is 3.55. The molecule has 2 fully saturated rings. The minimum absolute atomic E-state index is 0.401. The minimum Gasteiger partial charge on any atom is -0.376 e. The molecule has 1 N–H and O–H groups in total. The molecule has 0 aromatic carbocycles. The van der Waals surface area contributed by atoms with Gasteiger partial charge >= 0.3 is 0 Å². The van der Waals surface area contributed by atoms with E-state index in [4.69, 9.17) is 4.74 Å². The Labute approximate surface area is 106 Å². The summed E-state index contributed by atoms with van der Waals surface area (Å²) >= 11 is 0. The van der Waals surface area contributed by atoms with Crippen molar-refractivity contribution in [3.63, 3.8) is 0 Å². The van der Waals surface area contributed by atoms with Gasteiger partial charge in [0, 0.05) is 25.7 Å². The zero-order valence-corrected chi connectivity index (χ0v) is 11.7. The standard InChI is InChI=1S/C14H28N2O/c1-4-13-9-17-12(2)8-16(13)11-14(3)6-5-7-15-10-14/h12-13,15H,4-11H2,1-3H3. The lowest BCUT2D eigenvalue weighted by Gasteiger charge is -2.45. The van der Waals surface area contributed by atoms with E-state index in [1.165, 1.54) is 38.9 Å². The summed E-state index contributed by atoms with van der Waals surface area (Å²) in [6, 6.07) is 0.630. The second-order valence-corrected chi connectivity index (χ2v) is 6.23. The van der Waals surface area contributed by atoms with Crippen LogP contribution in [0, 0.1) is 5.41 Å². The predicted octanol–water partition coefficient (Wildman–Crippen LogP) is 1.88. The van der Waals surface area contributed by atoms with E-state index in [0.717, 1.165) is 13.2 Å². The lowest BCUT2D eigenvalue weighted by Crippen LogP contribution is -2.54. The third-order valence-corrected chi connectivity index (χ3v) is 4.32. The van der Waals surface area contributed by atoms with Gasteiger partial charge in [0.15, 0.2) is 0 Å². The number of nitrogens with zero attached hydrogens (tertiary/aromatic N) is 1. The van der Waals surface area contributed by atoms with Gasteiger partial charge in [-0.15, -0.1) is 0 Å². The molecule has 0 radical (unpaired) electrons. The Kier molecular flexibility index (Phi) is 4.45. The van der Waals surface area contributed by atoms with Crippen LogP contribution in [0.3, 0.4) is 0 Å². The fourth-order valence-electron chi connectivity index (χ4n) is 3.23. The summed E-state index contributed by atoms with van der Waals surface area (Å²) < 4.78 is 5.78. The molecular weight excluding hydrogens is 212 g/mol. The first-order valence-electron chi connectivity index (χ1n) is 7.19. The minimum atomic E-state index is 0.401. The monoisotopic (exact) mass is 240 g/mol. The lowest BCUT2D eigenvalue weighted by molar-refractivity contribution is -0.0697. The van der Waals surface area contributed by atoms with E-state index in [0.29, 0.717) is 17.6 Å². The van der Waals surface area contributed by atoms with Crippen LogP contribution in [0.15, 0.2) is 0 Å². The quantitative estimate of drug-likeness (QED) is 0.815. The number of piperidine rings is 1. The molecule has 0 aliphatic carbocycles. The Balaban J connectivity index is 1.94. The Morgan fingerprint density at radius 1 is 1.47 bits per heavy atom. The van der Waals surface area contributed by atoms with E-state index in [1.807, 2.05) is 0 Å². The molecule has 2 rings (SSSR count). The zero-order valence-electron chi connectivity index (χ0n) is 11.7. The summed E-state index contributed by atoms with van der Waals surface area (Å²) in [5.41, 5.74) is 0.461. The zero-order chi connectivity index (χ0) is 12.3. The van der Waals surface area contributed by atoms with E-state index < -0.39 is 0 Å². The molecule has 0 aromatic rings. The molecule has 2 saturated heterocycles. The Hall–Kier alpha value is -0.120. The predicted molar refractivity (Wildman–Crippen MR) is 71.3 cm³/mol. The average molecular weight is 240 g/mol. The van der Waals surface area contributed by atoms with E-state index in [2.05, 4.69) is 31.0 Å². The molecule has 100 valence electrons. The third kappa shape index (κ3) is 3.43. The maximum atomic E-state index is 5.78. The number of ether oxygens (including phenoxy) is 1. The molecule has 0 amide bonds. The van der Waals surface area contributed by atoms with Gasteiger partial charge in [-0.1, -0.05) is 13.8 Å². The normalized spacial score (nSPS) is 40.4. The van der Waals surface area contributed by atoms with E-state index in [-0.39, 0.29) is 0 Å². The molecule has 3 nitrogen and oxygen atoms in total. The molecule has 2 aliphatic rings. The van der Waals surface area contributed by atoms with Crippen molar-refractivity contribution in [2.24, 2.45) is 5.41 Å². The third-order valence-electron chi connectivity index (χ3n) is 4.32. The second kappa shape index (κ2) is 5.68. The fourth-order valence-corrected chi connectivity index (χ4v) is 3.23. The Bertz CT molecular complexity index is 238. The highest BCUT2D eigenvalue weighted by atomic mass is 16.5. The first-order chi connectivity index (χ1) is 8.13. The lowest BCUT2D eigenvalue weighted by atomic mass is 9.81. The highest BCUT2D eigenvalue weighted by Crippen LogP contribution is 2.29. The van der Waals surface area contributed by atoms with Crippen LogP contribution in [0.25, 0.3) is 0 Å². The van der Waals surface area contributed by atoms with E-state index >= 15 is 0 Å². The van der Waals surface area contributed by atoms with Crippen LogP contribution in [0.2, 0.25) is 0 Å². The average Bonchev–Trinajstić information content (AvgIpc) is 2.29. The Morgan fingerprint density at radius 3 is 2.94 bits per heavy atom. The maximum absolute atomic E-state index is 5.78. The van der Waals surface area contributed by atoms with Crippen molar-refractivity contribution in [1.29, 1.82) is 0 Å². The van der Waals surface area contributed by atoms with Gasteiger partial charge in [-0.25, -0.2) is 0 Å². The van der Waals surface area contributed by atoms with Crippen LogP contribution in [-0.2, 0) is 4.74 Å². The number of hydrogen-bond acceptors (Lipinski definition) is 3. The molecule has 3 unspecified atom stereocenters. The van der Waals surface area contributed by atoms with Crippen molar-refractivity contribution in [3.05, 3.63) is 0 Å². The highest BCUT2D eigenvalue weighted by molar-refractivity contribution is 4.88. The van der Waals surface area contributed by atoms with Gasteiger partial charge in [-0.05, 0) is 38.1 Å². The van der Waals surface area contributed by atoms with Crippen LogP contribution in [0.1, 0.15) is 40.0 Å². The molecular formula is C14H28N2O. The van der Waals surface area contributed by atoms with Gasteiger partial charge in [0.1, 0.15) is 0 Å². The van der Waals surface area contributed by atoms with Crippen molar-refractivity contribution in [2.75, 3.05) is 32.8 Å². The SMILES string of the molecule is CCC1COC(C)CN1CC1(C)CCCNC1. The van der Waals surface area contributed by atoms with Crippen molar-refractivity contribution in [2.45, 2.75) is 52.2 Å². The highest BCUT2D eigenvalue weighted by Gasteiger charge is 2.33. The summed E-state index contributed by atoms with van der Waals surface area (Å²) in [4.78, 5) is 2.67. The largest absolute Gasteiger partial charge is 0.376 e. The van der Waals surface area contributed by atoms with Gasteiger partial charge in [0.2, 0.25) is 0 Å². The topological polar surface area (TPSA) is 24.5 Å². The molecule has 3 atom stereocenters. The van der Waals surface area contributed by atoms with Crippen LogP contribution < -0.4 is 5.32 Å². The molecule has 3 heteroatoms. The van der Waals surface area contributed by atoms with E-state index in [9.17, 15) is 0 Å².